The number of carbonyl (C=O) groups is 2. The monoisotopic (exact) mass is 290 g/mol. The van der Waals surface area contributed by atoms with Crippen molar-refractivity contribution in [2.45, 2.75) is 13.8 Å². The Bertz CT molecular complexity index is 678. The second kappa shape index (κ2) is 6.08. The summed E-state index contributed by atoms with van der Waals surface area (Å²) in [5.41, 5.74) is 0.615. The van der Waals surface area contributed by atoms with E-state index in [1.54, 1.807) is 13.8 Å². The number of phenols is 1. The fraction of sp³-hybridized carbons (Fsp3) is 0.214. The van der Waals surface area contributed by atoms with Crippen LogP contribution in [0.15, 0.2) is 28.8 Å². The van der Waals surface area contributed by atoms with Gasteiger partial charge < -0.3 is 14.4 Å². The number of aryl methyl sites for hydroxylation is 1. The molecule has 0 spiro atoms. The molecule has 1 aromatic carbocycles. The molecule has 0 fully saturated rings. The molecule has 2 aromatic rings. The number of aromatic hydroxyl groups is 1. The van der Waals surface area contributed by atoms with Gasteiger partial charge >= 0.3 is 5.97 Å². The smallest absolute Gasteiger partial charge is 0.345 e. The number of benzene rings is 1. The van der Waals surface area contributed by atoms with Crippen LogP contribution in [-0.4, -0.2) is 28.7 Å². The average molecular weight is 290 g/mol. The fourth-order valence-electron chi connectivity index (χ4n) is 1.72. The molecule has 21 heavy (non-hydrogen) atoms. The summed E-state index contributed by atoms with van der Waals surface area (Å²) >= 11 is 0. The molecule has 1 heterocycles. The Kier molecular flexibility index (Phi) is 4.22. The molecule has 1 amide bonds. The van der Waals surface area contributed by atoms with Crippen LogP contribution in [-0.2, 0) is 4.74 Å². The topological polar surface area (TPSA) is 102 Å². The lowest BCUT2D eigenvalue weighted by Gasteiger charge is -2.05. The van der Waals surface area contributed by atoms with Gasteiger partial charge in [-0.25, -0.2) is 4.79 Å². The number of anilines is 1. The van der Waals surface area contributed by atoms with E-state index in [-0.39, 0.29) is 29.4 Å². The van der Waals surface area contributed by atoms with Crippen LogP contribution in [0.4, 0.5) is 5.88 Å². The minimum atomic E-state index is -0.623. The maximum absolute atomic E-state index is 12.0. The van der Waals surface area contributed by atoms with Crippen molar-refractivity contribution in [2.75, 3.05) is 11.9 Å². The van der Waals surface area contributed by atoms with Crippen molar-refractivity contribution in [3.05, 3.63) is 41.1 Å². The summed E-state index contributed by atoms with van der Waals surface area (Å²) in [6.07, 6.45) is 0. The summed E-state index contributed by atoms with van der Waals surface area (Å²) in [5.74, 6) is -1.28. The van der Waals surface area contributed by atoms with Gasteiger partial charge in [-0.05, 0) is 32.0 Å². The van der Waals surface area contributed by atoms with Crippen molar-refractivity contribution in [2.24, 2.45) is 0 Å². The van der Waals surface area contributed by atoms with Crippen LogP contribution >= 0.6 is 0 Å². The quantitative estimate of drug-likeness (QED) is 0.836. The van der Waals surface area contributed by atoms with Crippen LogP contribution in [0.5, 0.6) is 5.75 Å². The first-order valence-corrected chi connectivity index (χ1v) is 6.26. The highest BCUT2D eigenvalue weighted by Crippen LogP contribution is 2.21. The van der Waals surface area contributed by atoms with Gasteiger partial charge in [0.1, 0.15) is 11.3 Å². The standard InChI is InChI=1S/C14H14N2O5/c1-3-20-14(19)11-8(2)16-21-13(11)15-12(18)9-5-4-6-10(17)7-9/h4-7,17H,3H2,1-2H3,(H,15,18). The van der Waals surface area contributed by atoms with Gasteiger partial charge in [-0.2, -0.15) is 0 Å². The highest BCUT2D eigenvalue weighted by molar-refractivity contribution is 6.07. The predicted molar refractivity (Wildman–Crippen MR) is 73.3 cm³/mol. The maximum Gasteiger partial charge on any atom is 0.345 e. The van der Waals surface area contributed by atoms with Crippen LogP contribution in [0.1, 0.15) is 33.3 Å². The zero-order chi connectivity index (χ0) is 15.4. The van der Waals surface area contributed by atoms with Crippen molar-refractivity contribution in [3.63, 3.8) is 0 Å². The zero-order valence-electron chi connectivity index (χ0n) is 11.5. The van der Waals surface area contributed by atoms with Gasteiger partial charge in [0.05, 0.1) is 12.3 Å². The van der Waals surface area contributed by atoms with E-state index in [0.29, 0.717) is 5.69 Å². The minimum absolute atomic E-state index is 0.0398. The first-order chi connectivity index (χ1) is 10.0. The van der Waals surface area contributed by atoms with E-state index < -0.39 is 11.9 Å². The summed E-state index contributed by atoms with van der Waals surface area (Å²) in [6.45, 7) is 3.44. The van der Waals surface area contributed by atoms with E-state index in [4.69, 9.17) is 9.26 Å². The molecule has 0 aliphatic heterocycles. The second-order valence-electron chi connectivity index (χ2n) is 4.20. The summed E-state index contributed by atoms with van der Waals surface area (Å²) in [7, 11) is 0. The normalized spacial score (nSPS) is 10.2. The largest absolute Gasteiger partial charge is 0.508 e. The molecule has 0 aliphatic rings. The highest BCUT2D eigenvalue weighted by Gasteiger charge is 2.23. The summed E-state index contributed by atoms with van der Waals surface area (Å²) in [4.78, 5) is 23.9. The molecule has 0 bridgehead atoms. The number of ether oxygens (including phenoxy) is 1. The van der Waals surface area contributed by atoms with E-state index in [0.717, 1.165) is 0 Å². The number of carbonyl (C=O) groups excluding carboxylic acids is 2. The van der Waals surface area contributed by atoms with Crippen molar-refractivity contribution in [1.29, 1.82) is 0 Å². The Morgan fingerprint density at radius 3 is 2.86 bits per heavy atom. The van der Waals surface area contributed by atoms with Crippen molar-refractivity contribution < 1.29 is 24.0 Å². The van der Waals surface area contributed by atoms with Crippen molar-refractivity contribution in [1.82, 2.24) is 5.16 Å². The van der Waals surface area contributed by atoms with Crippen molar-refractivity contribution >= 4 is 17.8 Å². The number of nitrogens with zero attached hydrogens (tertiary/aromatic N) is 1. The molecular formula is C14H14N2O5. The summed E-state index contributed by atoms with van der Waals surface area (Å²) in [6, 6.07) is 5.78. The minimum Gasteiger partial charge on any atom is -0.508 e. The summed E-state index contributed by atoms with van der Waals surface area (Å²) in [5, 5.41) is 15.4. The summed E-state index contributed by atoms with van der Waals surface area (Å²) < 4.78 is 9.82. The molecule has 2 rings (SSSR count). The molecule has 0 aliphatic carbocycles. The molecule has 0 atom stereocenters. The van der Waals surface area contributed by atoms with E-state index in [9.17, 15) is 14.7 Å². The lowest BCUT2D eigenvalue weighted by Crippen LogP contribution is -2.15. The van der Waals surface area contributed by atoms with Gasteiger partial charge in [0.25, 0.3) is 5.91 Å². The fourth-order valence-corrected chi connectivity index (χ4v) is 1.72. The molecule has 1 aromatic heterocycles. The number of rotatable bonds is 4. The van der Waals surface area contributed by atoms with Crippen LogP contribution in [0.2, 0.25) is 0 Å². The number of amides is 1. The van der Waals surface area contributed by atoms with E-state index >= 15 is 0 Å². The third-order valence-corrected chi connectivity index (χ3v) is 2.68. The molecule has 0 radical (unpaired) electrons. The Morgan fingerprint density at radius 1 is 1.43 bits per heavy atom. The third kappa shape index (κ3) is 3.19. The molecule has 0 unspecified atom stereocenters. The van der Waals surface area contributed by atoms with E-state index in [1.165, 1.54) is 24.3 Å². The highest BCUT2D eigenvalue weighted by atomic mass is 16.5. The molecule has 110 valence electrons. The lowest BCUT2D eigenvalue weighted by atomic mass is 10.2. The second-order valence-corrected chi connectivity index (χ2v) is 4.20. The average Bonchev–Trinajstić information content (AvgIpc) is 2.80. The SMILES string of the molecule is CCOC(=O)c1c(C)noc1NC(=O)c1cccc(O)c1. The number of nitrogens with one attached hydrogen (secondary N) is 1. The zero-order valence-corrected chi connectivity index (χ0v) is 11.5. The Balaban J connectivity index is 2.24. The maximum atomic E-state index is 12.0. The lowest BCUT2D eigenvalue weighted by molar-refractivity contribution is 0.0526. The Labute approximate surface area is 120 Å². The molecule has 2 N–H and O–H groups in total. The number of phenolic OH excluding ortho intramolecular Hbond substituents is 1. The molecule has 0 saturated carbocycles. The van der Waals surface area contributed by atoms with Gasteiger partial charge in [-0.3, -0.25) is 10.1 Å². The predicted octanol–water partition coefficient (Wildman–Crippen LogP) is 2.12. The van der Waals surface area contributed by atoms with Gasteiger partial charge in [0, 0.05) is 5.56 Å². The van der Waals surface area contributed by atoms with Crippen LogP contribution < -0.4 is 5.32 Å². The van der Waals surface area contributed by atoms with Crippen molar-refractivity contribution in [3.8, 4) is 5.75 Å². The van der Waals surface area contributed by atoms with Gasteiger partial charge in [-0.1, -0.05) is 11.2 Å². The molecular weight excluding hydrogens is 276 g/mol. The van der Waals surface area contributed by atoms with E-state index in [1.807, 2.05) is 0 Å². The number of esters is 1. The molecule has 0 saturated heterocycles. The van der Waals surface area contributed by atoms with E-state index in [2.05, 4.69) is 10.5 Å². The third-order valence-electron chi connectivity index (χ3n) is 2.68. The first-order valence-electron chi connectivity index (χ1n) is 6.26. The van der Waals surface area contributed by atoms with Crippen LogP contribution in [0.3, 0.4) is 0 Å². The first kappa shape index (κ1) is 14.6. The van der Waals surface area contributed by atoms with Crippen LogP contribution in [0.25, 0.3) is 0 Å². The number of hydrogen-bond donors (Lipinski definition) is 2. The number of aromatic nitrogens is 1. The number of hydrogen-bond acceptors (Lipinski definition) is 6. The molecule has 7 nitrogen and oxygen atoms in total. The molecule has 7 heteroatoms. The van der Waals surface area contributed by atoms with Gasteiger partial charge in [0.15, 0.2) is 0 Å². The Morgan fingerprint density at radius 2 is 2.19 bits per heavy atom. The van der Waals surface area contributed by atoms with Gasteiger partial charge in [-0.15, -0.1) is 0 Å². The Hall–Kier alpha value is -2.83. The van der Waals surface area contributed by atoms with Gasteiger partial charge in [0.2, 0.25) is 5.88 Å². The van der Waals surface area contributed by atoms with Crippen LogP contribution in [0, 0.1) is 6.92 Å².